The van der Waals surface area contributed by atoms with Gasteiger partial charge in [0, 0.05) is 10.9 Å². The summed E-state index contributed by atoms with van der Waals surface area (Å²) in [5.74, 6) is -0.0225. The second kappa shape index (κ2) is 2.73. The van der Waals surface area contributed by atoms with Gasteiger partial charge in [-0.3, -0.25) is 5.41 Å². The van der Waals surface area contributed by atoms with Crippen molar-refractivity contribution in [1.29, 1.82) is 5.41 Å². The van der Waals surface area contributed by atoms with Gasteiger partial charge in [0.15, 0.2) is 0 Å². The minimum Gasteiger partial charge on any atom is -0.411 e. The summed E-state index contributed by atoms with van der Waals surface area (Å²) >= 11 is 0. The van der Waals surface area contributed by atoms with Gasteiger partial charge in [-0.15, -0.1) is 9.94 Å². The second-order valence-corrected chi connectivity index (χ2v) is 3.12. The van der Waals surface area contributed by atoms with Gasteiger partial charge in [-0.2, -0.15) is 0 Å². The molecule has 1 heterocycles. The molecule has 1 aromatic heterocycles. The summed E-state index contributed by atoms with van der Waals surface area (Å²) in [6.45, 7) is 1.81. The molecule has 14 heavy (non-hydrogen) atoms. The molecule has 0 saturated carbocycles. The summed E-state index contributed by atoms with van der Waals surface area (Å²) in [6.07, 6.45) is 0. The summed E-state index contributed by atoms with van der Waals surface area (Å²) < 4.78 is 0. The molecular weight excluding hydrogens is 180 g/mol. The van der Waals surface area contributed by atoms with Crippen molar-refractivity contribution in [3.8, 4) is 0 Å². The lowest BCUT2D eigenvalue weighted by molar-refractivity contribution is 0.160. The van der Waals surface area contributed by atoms with E-state index in [-0.39, 0.29) is 5.84 Å². The highest BCUT2D eigenvalue weighted by Gasteiger charge is 2.07. The van der Waals surface area contributed by atoms with Gasteiger partial charge in [0.2, 0.25) is 0 Å². The van der Waals surface area contributed by atoms with E-state index in [1.54, 1.807) is 18.2 Å². The number of hydrogen-bond donors (Lipinski definition) is 3. The molecular formula is C9H10N4O. The Bertz CT molecular complexity index is 515. The molecule has 2 aromatic rings. The Morgan fingerprint density at radius 1 is 1.57 bits per heavy atom. The lowest BCUT2D eigenvalue weighted by atomic mass is 10.1. The summed E-state index contributed by atoms with van der Waals surface area (Å²) in [7, 11) is 0. The Hall–Kier alpha value is -2.04. The third kappa shape index (κ3) is 1.10. The van der Waals surface area contributed by atoms with Crippen molar-refractivity contribution < 1.29 is 5.21 Å². The van der Waals surface area contributed by atoms with E-state index < -0.39 is 0 Å². The molecule has 0 saturated heterocycles. The SMILES string of the molecule is Cc1nn(O)c2cc(C(=N)N)ccc12. The highest BCUT2D eigenvalue weighted by Crippen LogP contribution is 2.18. The van der Waals surface area contributed by atoms with E-state index in [1.807, 2.05) is 6.92 Å². The summed E-state index contributed by atoms with van der Waals surface area (Å²) in [4.78, 5) is 0.803. The number of amidine groups is 1. The van der Waals surface area contributed by atoms with Crippen LogP contribution < -0.4 is 5.73 Å². The number of hydrogen-bond acceptors (Lipinski definition) is 3. The quantitative estimate of drug-likeness (QED) is 0.354. The van der Waals surface area contributed by atoms with Crippen LogP contribution in [0.2, 0.25) is 0 Å². The van der Waals surface area contributed by atoms with Crippen LogP contribution in [-0.4, -0.2) is 21.0 Å². The van der Waals surface area contributed by atoms with Crippen LogP contribution in [-0.2, 0) is 0 Å². The second-order valence-electron chi connectivity index (χ2n) is 3.12. The maximum absolute atomic E-state index is 9.39. The van der Waals surface area contributed by atoms with Crippen molar-refractivity contribution in [3.05, 3.63) is 29.5 Å². The fourth-order valence-corrected chi connectivity index (χ4v) is 1.42. The van der Waals surface area contributed by atoms with E-state index in [4.69, 9.17) is 11.1 Å². The smallest absolute Gasteiger partial charge is 0.122 e. The van der Waals surface area contributed by atoms with Crippen LogP contribution in [0.1, 0.15) is 11.3 Å². The number of aryl methyl sites for hydroxylation is 1. The molecule has 0 radical (unpaired) electrons. The fourth-order valence-electron chi connectivity index (χ4n) is 1.42. The minimum absolute atomic E-state index is 0.0225. The van der Waals surface area contributed by atoms with E-state index in [1.165, 1.54) is 0 Å². The molecule has 5 nitrogen and oxygen atoms in total. The van der Waals surface area contributed by atoms with Crippen molar-refractivity contribution in [2.75, 3.05) is 0 Å². The van der Waals surface area contributed by atoms with E-state index in [0.717, 1.165) is 15.9 Å². The molecule has 0 amide bonds. The standard InChI is InChI=1S/C9H10N4O/c1-5-7-3-2-6(9(10)11)4-8(7)13(14)12-5/h2-4,14H,1H3,(H3,10,11). The van der Waals surface area contributed by atoms with Crippen LogP contribution in [0.4, 0.5) is 0 Å². The Morgan fingerprint density at radius 3 is 2.93 bits per heavy atom. The third-order valence-corrected chi connectivity index (χ3v) is 2.16. The minimum atomic E-state index is -0.0225. The maximum atomic E-state index is 9.39. The Kier molecular flexibility index (Phi) is 1.67. The average molecular weight is 190 g/mol. The van der Waals surface area contributed by atoms with Crippen molar-refractivity contribution >= 4 is 16.7 Å². The van der Waals surface area contributed by atoms with Gasteiger partial charge >= 0.3 is 0 Å². The molecule has 72 valence electrons. The summed E-state index contributed by atoms with van der Waals surface area (Å²) in [6, 6.07) is 5.16. The molecule has 0 spiro atoms. The number of rotatable bonds is 1. The first-order valence-corrected chi connectivity index (χ1v) is 4.12. The zero-order valence-corrected chi connectivity index (χ0v) is 7.65. The number of nitrogens with two attached hydrogens (primary N) is 1. The predicted molar refractivity (Wildman–Crippen MR) is 52.7 cm³/mol. The van der Waals surface area contributed by atoms with Crippen LogP contribution >= 0.6 is 0 Å². The molecule has 0 atom stereocenters. The average Bonchev–Trinajstić information content (AvgIpc) is 2.42. The lowest BCUT2D eigenvalue weighted by Gasteiger charge is -1.98. The molecule has 5 heteroatoms. The van der Waals surface area contributed by atoms with Gasteiger partial charge in [0.05, 0.1) is 5.69 Å². The first kappa shape index (κ1) is 8.55. The number of aromatic nitrogens is 2. The van der Waals surface area contributed by atoms with Gasteiger partial charge in [0.1, 0.15) is 11.4 Å². The fraction of sp³-hybridized carbons (Fsp3) is 0.111. The van der Waals surface area contributed by atoms with E-state index >= 15 is 0 Å². The molecule has 0 unspecified atom stereocenters. The molecule has 0 aliphatic carbocycles. The van der Waals surface area contributed by atoms with Gasteiger partial charge in [-0.1, -0.05) is 12.1 Å². The third-order valence-electron chi connectivity index (χ3n) is 2.16. The van der Waals surface area contributed by atoms with E-state index in [9.17, 15) is 5.21 Å². The van der Waals surface area contributed by atoms with Gasteiger partial charge in [-0.05, 0) is 13.0 Å². The topological polar surface area (TPSA) is 87.9 Å². The monoisotopic (exact) mass is 190 g/mol. The molecule has 1 aromatic carbocycles. The number of nitrogens with zero attached hydrogens (tertiary/aromatic N) is 2. The highest BCUT2D eigenvalue weighted by molar-refractivity contribution is 5.98. The maximum Gasteiger partial charge on any atom is 0.122 e. The van der Waals surface area contributed by atoms with Crippen molar-refractivity contribution in [2.24, 2.45) is 5.73 Å². The van der Waals surface area contributed by atoms with Crippen molar-refractivity contribution in [1.82, 2.24) is 9.94 Å². The Morgan fingerprint density at radius 2 is 2.29 bits per heavy atom. The number of nitrogens with one attached hydrogen (secondary N) is 1. The largest absolute Gasteiger partial charge is 0.411 e. The van der Waals surface area contributed by atoms with Crippen molar-refractivity contribution in [2.45, 2.75) is 6.92 Å². The van der Waals surface area contributed by atoms with Crippen LogP contribution in [0.15, 0.2) is 18.2 Å². The molecule has 2 rings (SSSR count). The van der Waals surface area contributed by atoms with Gasteiger partial charge in [0.25, 0.3) is 0 Å². The molecule has 4 N–H and O–H groups in total. The summed E-state index contributed by atoms with van der Waals surface area (Å²) in [5.41, 5.74) is 7.22. The highest BCUT2D eigenvalue weighted by atomic mass is 16.5. The molecule has 0 bridgehead atoms. The summed E-state index contributed by atoms with van der Waals surface area (Å²) in [5, 5.41) is 21.4. The van der Waals surface area contributed by atoms with Crippen LogP contribution in [0, 0.1) is 12.3 Å². The van der Waals surface area contributed by atoms with E-state index in [0.29, 0.717) is 11.1 Å². The van der Waals surface area contributed by atoms with Crippen LogP contribution in [0.3, 0.4) is 0 Å². The molecule has 0 aliphatic heterocycles. The van der Waals surface area contributed by atoms with Gasteiger partial charge < -0.3 is 10.9 Å². The van der Waals surface area contributed by atoms with Crippen molar-refractivity contribution in [3.63, 3.8) is 0 Å². The van der Waals surface area contributed by atoms with Crippen LogP contribution in [0.25, 0.3) is 10.9 Å². The molecule has 0 fully saturated rings. The van der Waals surface area contributed by atoms with Gasteiger partial charge in [-0.25, -0.2) is 0 Å². The Balaban J connectivity index is 2.77. The lowest BCUT2D eigenvalue weighted by Crippen LogP contribution is -2.10. The first-order chi connectivity index (χ1) is 6.59. The normalized spacial score (nSPS) is 10.6. The predicted octanol–water partition coefficient (Wildman–Crippen LogP) is 0.866. The molecule has 0 aliphatic rings. The zero-order chi connectivity index (χ0) is 10.3. The number of fused-ring (bicyclic) bond motifs is 1. The number of benzene rings is 1. The number of nitrogen functional groups attached to an aromatic ring is 1. The first-order valence-electron chi connectivity index (χ1n) is 4.12. The zero-order valence-electron chi connectivity index (χ0n) is 7.65. The van der Waals surface area contributed by atoms with Crippen LogP contribution in [0.5, 0.6) is 0 Å². The Labute approximate surface area is 80.2 Å². The van der Waals surface area contributed by atoms with E-state index in [2.05, 4.69) is 5.10 Å².